The molecule has 2 aromatic rings. The molecule has 1 atom stereocenters. The first-order valence-electron chi connectivity index (χ1n) is 5.59. The quantitative estimate of drug-likeness (QED) is 0.858. The highest BCUT2D eigenvalue weighted by atomic mass is 19.1. The van der Waals surface area contributed by atoms with Crippen LogP contribution in [0.4, 0.5) is 4.39 Å². The molecule has 1 heterocycles. The number of fused-ring (bicyclic) bond motifs is 1. The Morgan fingerprint density at radius 1 is 1.44 bits per heavy atom. The molecule has 0 saturated carbocycles. The van der Waals surface area contributed by atoms with E-state index in [1.165, 1.54) is 0 Å². The summed E-state index contributed by atoms with van der Waals surface area (Å²) in [6, 6.07) is 6.07. The zero-order valence-electron chi connectivity index (χ0n) is 9.59. The lowest BCUT2D eigenvalue weighted by Gasteiger charge is -2.11. The van der Waals surface area contributed by atoms with Crippen LogP contribution in [-0.2, 0) is 6.42 Å². The van der Waals surface area contributed by atoms with Crippen LogP contribution in [0.5, 0.6) is 0 Å². The van der Waals surface area contributed by atoms with Gasteiger partial charge in [0.2, 0.25) is 0 Å². The van der Waals surface area contributed by atoms with E-state index in [1.54, 1.807) is 0 Å². The van der Waals surface area contributed by atoms with Crippen molar-refractivity contribution in [1.82, 2.24) is 5.32 Å². The number of halogens is 1. The molecule has 0 radical (unpaired) electrons. The Balaban J connectivity index is 2.21. The van der Waals surface area contributed by atoms with Gasteiger partial charge < -0.3 is 9.73 Å². The van der Waals surface area contributed by atoms with Gasteiger partial charge in [0.05, 0.1) is 5.39 Å². The second-order valence-corrected chi connectivity index (χ2v) is 4.08. The molecule has 2 rings (SSSR count). The average Bonchev–Trinajstić information content (AvgIpc) is 2.61. The smallest absolute Gasteiger partial charge is 0.169 e. The van der Waals surface area contributed by atoms with Gasteiger partial charge in [-0.25, -0.2) is 4.39 Å². The van der Waals surface area contributed by atoms with Crippen molar-refractivity contribution in [3.63, 3.8) is 0 Å². The normalized spacial score (nSPS) is 13.2. The molecule has 2 nitrogen and oxygen atoms in total. The molecule has 0 spiro atoms. The summed E-state index contributed by atoms with van der Waals surface area (Å²) in [5.74, 6) is -0.284. The summed E-state index contributed by atoms with van der Waals surface area (Å²) >= 11 is 0. The number of nitrogens with one attached hydrogen (secondary N) is 1. The zero-order valence-corrected chi connectivity index (χ0v) is 9.59. The molecule has 0 aliphatic rings. The molecular weight excluding hydrogens is 205 g/mol. The van der Waals surface area contributed by atoms with Crippen molar-refractivity contribution < 1.29 is 8.81 Å². The van der Waals surface area contributed by atoms with Crippen LogP contribution in [-0.4, -0.2) is 12.6 Å². The van der Waals surface area contributed by atoms with Crippen LogP contribution in [0.25, 0.3) is 11.0 Å². The summed E-state index contributed by atoms with van der Waals surface area (Å²) in [7, 11) is 0. The number of furan rings is 1. The SMILES string of the molecule is CCN[C@@H](C)Cc1ccc2occ(F)c2c1. The highest BCUT2D eigenvalue weighted by molar-refractivity contribution is 5.78. The van der Waals surface area contributed by atoms with E-state index in [4.69, 9.17) is 4.42 Å². The van der Waals surface area contributed by atoms with E-state index in [-0.39, 0.29) is 5.82 Å². The fourth-order valence-corrected chi connectivity index (χ4v) is 1.95. The lowest BCUT2D eigenvalue weighted by Crippen LogP contribution is -2.27. The van der Waals surface area contributed by atoms with Crippen LogP contribution in [0.15, 0.2) is 28.9 Å². The number of hydrogen-bond donors (Lipinski definition) is 1. The third-order valence-electron chi connectivity index (χ3n) is 2.69. The molecule has 0 unspecified atom stereocenters. The maximum absolute atomic E-state index is 13.3. The molecule has 0 fully saturated rings. The number of rotatable bonds is 4. The molecule has 0 saturated heterocycles. The minimum Gasteiger partial charge on any atom is -0.461 e. The van der Waals surface area contributed by atoms with Crippen LogP contribution in [0.3, 0.4) is 0 Å². The molecular formula is C13H16FNO. The second-order valence-electron chi connectivity index (χ2n) is 4.08. The number of benzene rings is 1. The lowest BCUT2D eigenvalue weighted by atomic mass is 10.1. The molecule has 86 valence electrons. The van der Waals surface area contributed by atoms with Crippen molar-refractivity contribution in [1.29, 1.82) is 0 Å². The van der Waals surface area contributed by atoms with Gasteiger partial charge in [0.25, 0.3) is 0 Å². The van der Waals surface area contributed by atoms with Gasteiger partial charge in [-0.3, -0.25) is 0 Å². The molecule has 0 bridgehead atoms. The molecule has 0 aliphatic carbocycles. The van der Waals surface area contributed by atoms with Crippen LogP contribution in [0.1, 0.15) is 19.4 Å². The summed E-state index contributed by atoms with van der Waals surface area (Å²) < 4.78 is 18.4. The van der Waals surface area contributed by atoms with Crippen molar-refractivity contribution in [2.75, 3.05) is 6.54 Å². The molecule has 0 aliphatic heterocycles. The van der Waals surface area contributed by atoms with Gasteiger partial charge in [-0.2, -0.15) is 0 Å². The zero-order chi connectivity index (χ0) is 11.5. The standard InChI is InChI=1S/C13H16FNO/c1-3-15-9(2)6-10-4-5-13-11(7-10)12(14)8-16-13/h4-5,7-9,15H,3,6H2,1-2H3/t9-/m0/s1. The molecule has 16 heavy (non-hydrogen) atoms. The van der Waals surface area contributed by atoms with Crippen LogP contribution >= 0.6 is 0 Å². The Kier molecular flexibility index (Phi) is 3.25. The van der Waals surface area contributed by atoms with Crippen molar-refractivity contribution in [3.8, 4) is 0 Å². The van der Waals surface area contributed by atoms with Crippen molar-refractivity contribution in [3.05, 3.63) is 35.8 Å². The molecule has 3 heteroatoms. The summed E-state index contributed by atoms with van der Waals surface area (Å²) in [5.41, 5.74) is 1.73. The van der Waals surface area contributed by atoms with E-state index in [0.717, 1.165) is 24.8 Å². The maximum atomic E-state index is 13.3. The Bertz CT molecular complexity index is 478. The van der Waals surface area contributed by atoms with E-state index < -0.39 is 0 Å². The topological polar surface area (TPSA) is 25.2 Å². The van der Waals surface area contributed by atoms with E-state index in [9.17, 15) is 4.39 Å². The minimum absolute atomic E-state index is 0.284. The van der Waals surface area contributed by atoms with Crippen LogP contribution in [0, 0.1) is 5.82 Å². The van der Waals surface area contributed by atoms with E-state index in [1.807, 2.05) is 18.2 Å². The Hall–Kier alpha value is -1.35. The van der Waals surface area contributed by atoms with Crippen molar-refractivity contribution in [2.24, 2.45) is 0 Å². The van der Waals surface area contributed by atoms with Gasteiger partial charge in [0.15, 0.2) is 5.82 Å². The third kappa shape index (κ3) is 2.25. The number of hydrogen-bond acceptors (Lipinski definition) is 2. The first kappa shape index (κ1) is 11.1. The van der Waals surface area contributed by atoms with E-state index in [0.29, 0.717) is 17.0 Å². The first-order chi connectivity index (χ1) is 7.70. The summed E-state index contributed by atoms with van der Waals surface area (Å²) in [4.78, 5) is 0. The van der Waals surface area contributed by atoms with E-state index in [2.05, 4.69) is 19.2 Å². The van der Waals surface area contributed by atoms with Gasteiger partial charge >= 0.3 is 0 Å². The fraction of sp³-hybridized carbons (Fsp3) is 0.385. The second kappa shape index (κ2) is 4.66. The summed E-state index contributed by atoms with van der Waals surface area (Å²) in [6.45, 7) is 5.15. The summed E-state index contributed by atoms with van der Waals surface area (Å²) in [6.07, 6.45) is 2.05. The van der Waals surface area contributed by atoms with Gasteiger partial charge in [-0.05, 0) is 37.6 Å². The van der Waals surface area contributed by atoms with Crippen LogP contribution in [0.2, 0.25) is 0 Å². The number of likely N-dealkylation sites (N-methyl/N-ethyl adjacent to an activating group) is 1. The van der Waals surface area contributed by atoms with Gasteiger partial charge in [0, 0.05) is 6.04 Å². The third-order valence-corrected chi connectivity index (χ3v) is 2.69. The molecule has 1 aromatic carbocycles. The molecule has 1 aromatic heterocycles. The van der Waals surface area contributed by atoms with Gasteiger partial charge in [-0.1, -0.05) is 13.0 Å². The Morgan fingerprint density at radius 2 is 2.25 bits per heavy atom. The van der Waals surface area contributed by atoms with Crippen molar-refractivity contribution >= 4 is 11.0 Å². The predicted octanol–water partition coefficient (Wildman–Crippen LogP) is 3.11. The maximum Gasteiger partial charge on any atom is 0.169 e. The predicted molar refractivity (Wildman–Crippen MR) is 63.0 cm³/mol. The highest BCUT2D eigenvalue weighted by Crippen LogP contribution is 2.21. The molecule has 1 N–H and O–H groups in total. The monoisotopic (exact) mass is 221 g/mol. The van der Waals surface area contributed by atoms with E-state index >= 15 is 0 Å². The largest absolute Gasteiger partial charge is 0.461 e. The average molecular weight is 221 g/mol. The lowest BCUT2D eigenvalue weighted by molar-refractivity contribution is 0.558. The van der Waals surface area contributed by atoms with Gasteiger partial charge in [-0.15, -0.1) is 0 Å². The Labute approximate surface area is 94.4 Å². The van der Waals surface area contributed by atoms with Crippen LogP contribution < -0.4 is 5.32 Å². The molecule has 0 amide bonds. The van der Waals surface area contributed by atoms with Gasteiger partial charge in [0.1, 0.15) is 11.8 Å². The Morgan fingerprint density at radius 3 is 3.00 bits per heavy atom. The minimum atomic E-state index is -0.284. The fourth-order valence-electron chi connectivity index (χ4n) is 1.95. The highest BCUT2D eigenvalue weighted by Gasteiger charge is 2.07. The first-order valence-corrected chi connectivity index (χ1v) is 5.59. The van der Waals surface area contributed by atoms with Crippen molar-refractivity contribution in [2.45, 2.75) is 26.3 Å². The summed E-state index contributed by atoms with van der Waals surface area (Å²) in [5, 5.41) is 3.90.